The number of benzene rings is 2. The first-order valence-electron chi connectivity index (χ1n) is 9.57. The van der Waals surface area contributed by atoms with Crippen LogP contribution in [0.1, 0.15) is 33.6 Å². The summed E-state index contributed by atoms with van der Waals surface area (Å²) in [6, 6.07) is 10.5. The molecule has 2 amide bonds. The predicted octanol–water partition coefficient (Wildman–Crippen LogP) is 2.66. The van der Waals surface area contributed by atoms with E-state index in [1.807, 2.05) is 0 Å². The van der Waals surface area contributed by atoms with Crippen LogP contribution in [-0.4, -0.2) is 47.1 Å². The number of piperidine rings is 1. The van der Waals surface area contributed by atoms with Crippen LogP contribution in [0.2, 0.25) is 0 Å². The van der Waals surface area contributed by atoms with Crippen molar-refractivity contribution in [3.05, 3.63) is 63.7 Å². The number of hydrogen-bond acceptors (Lipinski definition) is 6. The molecule has 1 saturated heterocycles. The highest BCUT2D eigenvalue weighted by atomic mass is 16.6. The number of carbonyl (C=O) groups is 3. The van der Waals surface area contributed by atoms with E-state index in [2.05, 4.69) is 5.32 Å². The summed E-state index contributed by atoms with van der Waals surface area (Å²) >= 11 is 0. The molecule has 0 unspecified atom stereocenters. The molecule has 0 aromatic heterocycles. The number of non-ortho nitro benzene ring substituents is 1. The van der Waals surface area contributed by atoms with Gasteiger partial charge in [-0.05, 0) is 43.2 Å². The van der Waals surface area contributed by atoms with E-state index in [9.17, 15) is 24.5 Å². The van der Waals surface area contributed by atoms with E-state index in [0.717, 1.165) is 0 Å². The molecule has 9 nitrogen and oxygen atoms in total. The van der Waals surface area contributed by atoms with Crippen molar-refractivity contribution < 1.29 is 24.0 Å². The van der Waals surface area contributed by atoms with Crippen LogP contribution in [-0.2, 0) is 4.79 Å². The van der Waals surface area contributed by atoms with Crippen molar-refractivity contribution in [2.45, 2.75) is 12.8 Å². The maximum absolute atomic E-state index is 12.9. The average Bonchev–Trinajstić information content (AvgIpc) is 2.77. The molecule has 0 aliphatic carbocycles. The van der Waals surface area contributed by atoms with E-state index >= 15 is 0 Å². The molecule has 30 heavy (non-hydrogen) atoms. The third kappa shape index (κ3) is 3.86. The van der Waals surface area contributed by atoms with Gasteiger partial charge < -0.3 is 15.0 Å². The lowest BCUT2D eigenvalue weighted by atomic mass is 9.88. The number of nitrogens with zero attached hydrogens (tertiary/aromatic N) is 2. The van der Waals surface area contributed by atoms with Crippen molar-refractivity contribution in [1.29, 1.82) is 0 Å². The Labute approximate surface area is 171 Å². The maximum Gasteiger partial charge on any atom is 0.269 e. The first-order chi connectivity index (χ1) is 14.4. The largest absolute Gasteiger partial charge is 0.482 e. The van der Waals surface area contributed by atoms with Gasteiger partial charge in [0, 0.05) is 42.3 Å². The highest BCUT2D eigenvalue weighted by Crippen LogP contribution is 2.31. The van der Waals surface area contributed by atoms with Gasteiger partial charge in [0.2, 0.25) is 0 Å². The Morgan fingerprint density at radius 1 is 1.07 bits per heavy atom. The molecule has 2 aromatic carbocycles. The lowest BCUT2D eigenvalue weighted by molar-refractivity contribution is -0.384. The minimum atomic E-state index is -0.510. The number of fused-ring (bicyclic) bond motifs is 1. The Morgan fingerprint density at radius 3 is 2.40 bits per heavy atom. The number of hydrogen-bond donors (Lipinski definition) is 1. The molecule has 2 aliphatic heterocycles. The number of carbonyl (C=O) groups excluding carboxylic acids is 3. The SMILES string of the molecule is O=C1COc2ccc(C(=O)C3CCN(C(=O)c4ccc([N+](=O)[O-])cc4)CC3)cc2N1. The van der Waals surface area contributed by atoms with Gasteiger partial charge in [0.15, 0.2) is 12.4 Å². The fourth-order valence-electron chi connectivity index (χ4n) is 3.73. The Morgan fingerprint density at radius 2 is 1.73 bits per heavy atom. The summed E-state index contributed by atoms with van der Waals surface area (Å²) in [5, 5.41) is 13.4. The van der Waals surface area contributed by atoms with E-state index < -0.39 is 4.92 Å². The van der Waals surface area contributed by atoms with Crippen molar-refractivity contribution in [2.24, 2.45) is 5.92 Å². The fraction of sp³-hybridized carbons (Fsp3) is 0.286. The van der Waals surface area contributed by atoms with Gasteiger partial charge in [-0.2, -0.15) is 0 Å². The molecule has 0 bridgehead atoms. The second-order valence-corrected chi connectivity index (χ2v) is 7.28. The van der Waals surface area contributed by atoms with E-state index in [4.69, 9.17) is 4.74 Å². The minimum Gasteiger partial charge on any atom is -0.482 e. The number of amides is 2. The third-order valence-electron chi connectivity index (χ3n) is 5.37. The van der Waals surface area contributed by atoms with Crippen molar-refractivity contribution in [1.82, 2.24) is 4.90 Å². The van der Waals surface area contributed by atoms with E-state index in [1.54, 1.807) is 23.1 Å². The smallest absolute Gasteiger partial charge is 0.269 e. The summed E-state index contributed by atoms with van der Waals surface area (Å²) in [5.74, 6) is -0.173. The Balaban J connectivity index is 1.39. The number of ketones is 1. The predicted molar refractivity (Wildman–Crippen MR) is 107 cm³/mol. The summed E-state index contributed by atoms with van der Waals surface area (Å²) in [4.78, 5) is 48.9. The van der Waals surface area contributed by atoms with Crippen LogP contribution in [0.5, 0.6) is 5.75 Å². The zero-order valence-corrected chi connectivity index (χ0v) is 16.0. The monoisotopic (exact) mass is 409 g/mol. The summed E-state index contributed by atoms with van der Waals surface area (Å²) in [6.07, 6.45) is 1.05. The standard InChI is InChI=1S/C21H19N3O6/c25-19-12-30-18-6-3-15(11-17(18)22-19)20(26)13-7-9-23(10-8-13)21(27)14-1-4-16(5-2-14)24(28)29/h1-6,11,13H,7-10,12H2,(H,22,25). The number of rotatable bonds is 4. The molecule has 0 saturated carbocycles. The molecular formula is C21H19N3O6. The van der Waals surface area contributed by atoms with Crippen molar-refractivity contribution in [2.75, 3.05) is 25.0 Å². The zero-order chi connectivity index (χ0) is 21.3. The second-order valence-electron chi connectivity index (χ2n) is 7.28. The first kappa shape index (κ1) is 19.6. The number of anilines is 1. The van der Waals surface area contributed by atoms with E-state index in [-0.39, 0.29) is 35.8 Å². The molecular weight excluding hydrogens is 390 g/mol. The maximum atomic E-state index is 12.9. The fourth-order valence-corrected chi connectivity index (χ4v) is 3.73. The Hall–Kier alpha value is -3.75. The van der Waals surface area contributed by atoms with E-state index in [0.29, 0.717) is 48.5 Å². The summed E-state index contributed by atoms with van der Waals surface area (Å²) in [6.45, 7) is 0.815. The Kier molecular flexibility index (Phi) is 5.18. The van der Waals surface area contributed by atoms with Gasteiger partial charge >= 0.3 is 0 Å². The molecule has 2 aromatic rings. The van der Waals surface area contributed by atoms with Crippen LogP contribution in [0.4, 0.5) is 11.4 Å². The lowest BCUT2D eigenvalue weighted by Crippen LogP contribution is -2.40. The summed E-state index contributed by atoms with van der Waals surface area (Å²) < 4.78 is 5.31. The van der Waals surface area contributed by atoms with Gasteiger partial charge in [0.1, 0.15) is 5.75 Å². The van der Waals surface area contributed by atoms with E-state index in [1.165, 1.54) is 24.3 Å². The van der Waals surface area contributed by atoms with Crippen LogP contribution in [0, 0.1) is 16.0 Å². The molecule has 0 radical (unpaired) electrons. The van der Waals surface area contributed by atoms with Crippen molar-refractivity contribution >= 4 is 29.0 Å². The van der Waals surface area contributed by atoms with Gasteiger partial charge in [-0.25, -0.2) is 0 Å². The molecule has 1 N–H and O–H groups in total. The molecule has 2 heterocycles. The number of Topliss-reactive ketones (excluding diaryl/α,β-unsaturated/α-hetero) is 1. The number of ether oxygens (including phenoxy) is 1. The molecule has 0 atom stereocenters. The number of likely N-dealkylation sites (tertiary alicyclic amines) is 1. The summed E-state index contributed by atoms with van der Waals surface area (Å²) in [5.41, 5.74) is 1.31. The molecule has 0 spiro atoms. The normalized spacial score (nSPS) is 16.3. The highest BCUT2D eigenvalue weighted by molar-refractivity contribution is 6.02. The Bertz CT molecular complexity index is 1030. The molecule has 1 fully saturated rings. The van der Waals surface area contributed by atoms with Crippen LogP contribution >= 0.6 is 0 Å². The zero-order valence-electron chi connectivity index (χ0n) is 16.0. The van der Waals surface area contributed by atoms with Crippen molar-refractivity contribution in [3.8, 4) is 5.75 Å². The van der Waals surface area contributed by atoms with Gasteiger partial charge in [0.05, 0.1) is 10.6 Å². The van der Waals surface area contributed by atoms with Gasteiger partial charge in [-0.1, -0.05) is 0 Å². The second kappa shape index (κ2) is 7.94. The van der Waals surface area contributed by atoms with Gasteiger partial charge in [-0.15, -0.1) is 0 Å². The average molecular weight is 409 g/mol. The molecule has 4 rings (SSSR count). The number of nitrogens with one attached hydrogen (secondary N) is 1. The number of nitro groups is 1. The molecule has 9 heteroatoms. The minimum absolute atomic E-state index is 0.0277. The van der Waals surface area contributed by atoms with Crippen LogP contribution in [0.15, 0.2) is 42.5 Å². The lowest BCUT2D eigenvalue weighted by Gasteiger charge is -2.31. The first-order valence-corrected chi connectivity index (χ1v) is 9.57. The van der Waals surface area contributed by atoms with Crippen LogP contribution < -0.4 is 10.1 Å². The molecule has 2 aliphatic rings. The third-order valence-corrected chi connectivity index (χ3v) is 5.37. The highest BCUT2D eigenvalue weighted by Gasteiger charge is 2.29. The number of nitro benzene ring substituents is 1. The van der Waals surface area contributed by atoms with Crippen molar-refractivity contribution in [3.63, 3.8) is 0 Å². The topological polar surface area (TPSA) is 119 Å². The van der Waals surface area contributed by atoms with Crippen LogP contribution in [0.25, 0.3) is 0 Å². The quantitative estimate of drug-likeness (QED) is 0.471. The van der Waals surface area contributed by atoms with Gasteiger partial charge in [0.25, 0.3) is 17.5 Å². The van der Waals surface area contributed by atoms with Crippen LogP contribution in [0.3, 0.4) is 0 Å². The summed E-state index contributed by atoms with van der Waals surface area (Å²) in [7, 11) is 0. The molecule has 154 valence electrons. The van der Waals surface area contributed by atoms with Gasteiger partial charge in [-0.3, -0.25) is 24.5 Å².